The summed E-state index contributed by atoms with van der Waals surface area (Å²) in [4.78, 5) is 42.6. The molecule has 0 bridgehead atoms. The Kier molecular flexibility index (Phi) is 5.36. The van der Waals surface area contributed by atoms with Crippen LogP contribution in [0.5, 0.6) is 0 Å². The van der Waals surface area contributed by atoms with Crippen molar-refractivity contribution >= 4 is 39.1 Å². The largest absolute Gasteiger partial charge is 0.462 e. The fourth-order valence-electron chi connectivity index (χ4n) is 2.64. The minimum absolute atomic E-state index is 0.143. The third-order valence-corrected chi connectivity index (χ3v) is 5.26. The summed E-state index contributed by atoms with van der Waals surface area (Å²) in [5, 5.41) is 3.27. The SMILES string of the molecule is CCOC(=O)c1ccc(NC(=O)Cn2cnc3sc(C)c(C)c3c2=O)cc1. The number of nitrogens with one attached hydrogen (secondary N) is 1. The Hall–Kier alpha value is -3.00. The zero-order valence-corrected chi connectivity index (χ0v) is 16.1. The van der Waals surface area contributed by atoms with Crippen LogP contribution in [0.4, 0.5) is 5.69 Å². The lowest BCUT2D eigenvalue weighted by atomic mass is 10.2. The maximum Gasteiger partial charge on any atom is 0.338 e. The third-order valence-electron chi connectivity index (χ3n) is 4.15. The molecular formula is C19H19N3O4S. The normalized spacial score (nSPS) is 10.8. The predicted molar refractivity (Wildman–Crippen MR) is 104 cm³/mol. The number of aromatic nitrogens is 2. The van der Waals surface area contributed by atoms with E-state index in [1.807, 2.05) is 13.8 Å². The van der Waals surface area contributed by atoms with Gasteiger partial charge < -0.3 is 10.1 Å². The number of fused-ring (bicyclic) bond motifs is 1. The lowest BCUT2D eigenvalue weighted by Gasteiger charge is -2.08. The number of hydrogen-bond acceptors (Lipinski definition) is 6. The van der Waals surface area contributed by atoms with Gasteiger partial charge >= 0.3 is 5.97 Å². The Morgan fingerprint density at radius 2 is 1.93 bits per heavy atom. The number of carbonyl (C=O) groups is 2. The molecule has 7 nitrogen and oxygen atoms in total. The van der Waals surface area contributed by atoms with Crippen molar-refractivity contribution in [2.45, 2.75) is 27.3 Å². The van der Waals surface area contributed by atoms with Gasteiger partial charge in [-0.2, -0.15) is 0 Å². The van der Waals surface area contributed by atoms with E-state index in [9.17, 15) is 14.4 Å². The number of carbonyl (C=O) groups excluding carboxylic acids is 2. The van der Waals surface area contributed by atoms with Crippen molar-refractivity contribution in [2.24, 2.45) is 0 Å². The van der Waals surface area contributed by atoms with Crippen LogP contribution in [-0.4, -0.2) is 28.0 Å². The van der Waals surface area contributed by atoms with E-state index in [-0.39, 0.29) is 18.0 Å². The summed E-state index contributed by atoms with van der Waals surface area (Å²) in [5.74, 6) is -0.769. The molecule has 0 aliphatic carbocycles. The average Bonchev–Trinajstić information content (AvgIpc) is 2.93. The summed E-state index contributed by atoms with van der Waals surface area (Å²) in [5.41, 5.74) is 1.60. The molecule has 2 aromatic heterocycles. The average molecular weight is 385 g/mol. The molecule has 8 heteroatoms. The zero-order chi connectivity index (χ0) is 19.6. The molecule has 0 saturated carbocycles. The summed E-state index contributed by atoms with van der Waals surface area (Å²) in [6.45, 7) is 5.72. The Bertz CT molecular complexity index is 1070. The van der Waals surface area contributed by atoms with Crippen molar-refractivity contribution < 1.29 is 14.3 Å². The van der Waals surface area contributed by atoms with Gasteiger partial charge in [0.2, 0.25) is 5.91 Å². The number of ether oxygens (including phenoxy) is 1. The molecule has 1 N–H and O–H groups in total. The quantitative estimate of drug-likeness (QED) is 0.682. The Labute approximate surface area is 159 Å². The van der Waals surface area contributed by atoms with Crippen molar-refractivity contribution in [1.29, 1.82) is 0 Å². The summed E-state index contributed by atoms with van der Waals surface area (Å²) < 4.78 is 6.21. The molecule has 0 unspecified atom stereocenters. The van der Waals surface area contributed by atoms with Crippen LogP contribution >= 0.6 is 11.3 Å². The van der Waals surface area contributed by atoms with Crippen molar-refractivity contribution in [1.82, 2.24) is 9.55 Å². The summed E-state index contributed by atoms with van der Waals surface area (Å²) in [6.07, 6.45) is 1.39. The Morgan fingerprint density at radius 1 is 1.22 bits per heavy atom. The molecule has 1 amide bonds. The summed E-state index contributed by atoms with van der Waals surface area (Å²) in [7, 11) is 0. The number of thiophene rings is 1. The molecule has 140 valence electrons. The highest BCUT2D eigenvalue weighted by Crippen LogP contribution is 2.25. The monoisotopic (exact) mass is 385 g/mol. The Morgan fingerprint density at radius 3 is 2.59 bits per heavy atom. The number of hydrogen-bond donors (Lipinski definition) is 1. The van der Waals surface area contributed by atoms with Gasteiger partial charge in [-0.1, -0.05) is 0 Å². The highest BCUT2D eigenvalue weighted by molar-refractivity contribution is 7.18. The van der Waals surface area contributed by atoms with Gasteiger partial charge in [-0.3, -0.25) is 14.2 Å². The van der Waals surface area contributed by atoms with E-state index < -0.39 is 5.97 Å². The van der Waals surface area contributed by atoms with E-state index in [1.54, 1.807) is 31.2 Å². The van der Waals surface area contributed by atoms with Crippen LogP contribution in [0.25, 0.3) is 10.2 Å². The minimum atomic E-state index is -0.414. The molecule has 0 aliphatic heterocycles. The third kappa shape index (κ3) is 3.90. The second-order valence-electron chi connectivity index (χ2n) is 5.99. The smallest absolute Gasteiger partial charge is 0.338 e. The van der Waals surface area contributed by atoms with Crippen LogP contribution < -0.4 is 10.9 Å². The van der Waals surface area contributed by atoms with Crippen molar-refractivity contribution in [3.8, 4) is 0 Å². The number of benzene rings is 1. The molecule has 0 fully saturated rings. The van der Waals surface area contributed by atoms with Gasteiger partial charge in [0.15, 0.2) is 0 Å². The number of anilines is 1. The minimum Gasteiger partial charge on any atom is -0.462 e. The summed E-state index contributed by atoms with van der Waals surface area (Å²) >= 11 is 1.47. The van der Waals surface area contributed by atoms with Crippen molar-refractivity contribution in [2.75, 3.05) is 11.9 Å². The zero-order valence-electron chi connectivity index (χ0n) is 15.2. The first-order valence-electron chi connectivity index (χ1n) is 8.43. The first-order valence-corrected chi connectivity index (χ1v) is 9.24. The molecule has 0 spiro atoms. The topological polar surface area (TPSA) is 90.3 Å². The maximum absolute atomic E-state index is 12.6. The number of rotatable bonds is 5. The molecule has 2 heterocycles. The second kappa shape index (κ2) is 7.71. The first-order chi connectivity index (χ1) is 12.9. The molecule has 27 heavy (non-hydrogen) atoms. The number of amides is 1. The van der Waals surface area contributed by atoms with Gasteiger partial charge in [-0.25, -0.2) is 9.78 Å². The Balaban J connectivity index is 1.73. The van der Waals surface area contributed by atoms with E-state index >= 15 is 0 Å². The maximum atomic E-state index is 12.6. The van der Waals surface area contributed by atoms with E-state index in [4.69, 9.17) is 4.74 Å². The van der Waals surface area contributed by atoms with Gasteiger partial charge in [0.05, 0.1) is 23.9 Å². The van der Waals surface area contributed by atoms with Crippen molar-refractivity contribution in [3.05, 3.63) is 57.0 Å². The summed E-state index contributed by atoms with van der Waals surface area (Å²) in [6, 6.07) is 6.37. The van der Waals surface area contributed by atoms with Crippen LogP contribution in [0.3, 0.4) is 0 Å². The fraction of sp³-hybridized carbons (Fsp3) is 0.263. The molecule has 3 aromatic rings. The number of aryl methyl sites for hydroxylation is 2. The second-order valence-corrected chi connectivity index (χ2v) is 7.19. The predicted octanol–water partition coefficient (Wildman–Crippen LogP) is 2.89. The van der Waals surface area contributed by atoms with Crippen LogP contribution in [0.15, 0.2) is 35.4 Å². The van der Waals surface area contributed by atoms with Crippen LogP contribution in [-0.2, 0) is 16.1 Å². The molecule has 0 radical (unpaired) electrons. The molecule has 1 aromatic carbocycles. The number of esters is 1. The van der Waals surface area contributed by atoms with Gasteiger partial charge in [-0.15, -0.1) is 11.3 Å². The van der Waals surface area contributed by atoms with E-state index in [2.05, 4.69) is 10.3 Å². The van der Waals surface area contributed by atoms with Gasteiger partial charge in [0, 0.05) is 10.6 Å². The number of nitrogens with zero attached hydrogens (tertiary/aromatic N) is 2. The lowest BCUT2D eigenvalue weighted by molar-refractivity contribution is -0.116. The van der Waals surface area contributed by atoms with Gasteiger partial charge in [0.1, 0.15) is 11.4 Å². The first kappa shape index (κ1) is 18.8. The van der Waals surface area contributed by atoms with Crippen LogP contribution in [0, 0.1) is 13.8 Å². The van der Waals surface area contributed by atoms with E-state index in [0.717, 1.165) is 10.4 Å². The standard InChI is InChI=1S/C19H19N3O4S/c1-4-26-19(25)13-5-7-14(8-6-13)21-15(23)9-22-10-20-17-16(18(22)24)11(2)12(3)27-17/h5-8,10H,4,9H2,1-3H3,(H,21,23). The molecular weight excluding hydrogens is 366 g/mol. The van der Waals surface area contributed by atoms with Crippen LogP contribution in [0.2, 0.25) is 0 Å². The molecule has 0 aliphatic rings. The van der Waals surface area contributed by atoms with Gasteiger partial charge in [0.25, 0.3) is 5.56 Å². The lowest BCUT2D eigenvalue weighted by Crippen LogP contribution is -2.27. The molecule has 0 saturated heterocycles. The van der Waals surface area contributed by atoms with E-state index in [1.165, 1.54) is 22.2 Å². The van der Waals surface area contributed by atoms with Gasteiger partial charge in [-0.05, 0) is 50.6 Å². The highest BCUT2D eigenvalue weighted by Gasteiger charge is 2.14. The fourth-order valence-corrected chi connectivity index (χ4v) is 3.63. The van der Waals surface area contributed by atoms with Crippen molar-refractivity contribution in [3.63, 3.8) is 0 Å². The highest BCUT2D eigenvalue weighted by atomic mass is 32.1. The molecule has 3 rings (SSSR count). The van der Waals surface area contributed by atoms with E-state index in [0.29, 0.717) is 28.1 Å². The van der Waals surface area contributed by atoms with Crippen LogP contribution in [0.1, 0.15) is 27.7 Å². The molecule has 0 atom stereocenters.